The molecule has 0 bridgehead atoms. The summed E-state index contributed by atoms with van der Waals surface area (Å²) in [7, 11) is 0. The SMILES string of the molecule is NNc1nccc(-c2c(-c3ccc(F)cc3)ncn2C2CCNCC2)n1. The molecule has 0 aliphatic carbocycles. The second-order valence-electron chi connectivity index (χ2n) is 6.25. The number of aromatic nitrogens is 4. The molecule has 0 unspecified atom stereocenters. The van der Waals surface area contributed by atoms with Crippen LogP contribution in [0.1, 0.15) is 18.9 Å². The lowest BCUT2D eigenvalue weighted by molar-refractivity contribution is 0.370. The molecular weight excluding hydrogens is 333 g/mol. The zero-order valence-corrected chi connectivity index (χ0v) is 14.2. The van der Waals surface area contributed by atoms with Crippen LogP contribution < -0.4 is 16.6 Å². The minimum absolute atomic E-state index is 0.273. The number of piperidine rings is 1. The Bertz CT molecular complexity index is 885. The van der Waals surface area contributed by atoms with E-state index in [-0.39, 0.29) is 5.82 Å². The van der Waals surface area contributed by atoms with Crippen LogP contribution in [-0.2, 0) is 0 Å². The minimum atomic E-state index is -0.273. The first-order valence-corrected chi connectivity index (χ1v) is 8.60. The Morgan fingerprint density at radius 1 is 1.12 bits per heavy atom. The average molecular weight is 353 g/mol. The molecule has 3 heterocycles. The maximum Gasteiger partial charge on any atom is 0.237 e. The number of benzene rings is 1. The number of hydrogen-bond acceptors (Lipinski definition) is 6. The molecule has 0 spiro atoms. The van der Waals surface area contributed by atoms with E-state index in [2.05, 4.69) is 30.3 Å². The Kier molecular flexibility index (Phi) is 4.59. The number of hydrogen-bond donors (Lipinski definition) is 3. The van der Waals surface area contributed by atoms with Gasteiger partial charge in [0, 0.05) is 17.8 Å². The van der Waals surface area contributed by atoms with Gasteiger partial charge in [-0.1, -0.05) is 0 Å². The maximum absolute atomic E-state index is 13.3. The van der Waals surface area contributed by atoms with E-state index in [1.54, 1.807) is 18.3 Å². The third kappa shape index (κ3) is 3.16. The van der Waals surface area contributed by atoms with Crippen LogP contribution in [0.5, 0.6) is 0 Å². The Labute approximate surface area is 150 Å². The van der Waals surface area contributed by atoms with Crippen LogP contribution in [0.4, 0.5) is 10.3 Å². The van der Waals surface area contributed by atoms with E-state index in [0.29, 0.717) is 12.0 Å². The van der Waals surface area contributed by atoms with Gasteiger partial charge in [-0.15, -0.1) is 0 Å². The topological polar surface area (TPSA) is 93.7 Å². The van der Waals surface area contributed by atoms with E-state index in [1.165, 1.54) is 12.1 Å². The van der Waals surface area contributed by atoms with Crippen molar-refractivity contribution in [1.29, 1.82) is 0 Å². The molecule has 0 amide bonds. The number of halogens is 1. The van der Waals surface area contributed by atoms with Gasteiger partial charge in [-0.2, -0.15) is 0 Å². The summed E-state index contributed by atoms with van der Waals surface area (Å²) in [5, 5.41) is 3.38. The van der Waals surface area contributed by atoms with Gasteiger partial charge in [0.05, 0.1) is 23.4 Å². The minimum Gasteiger partial charge on any atom is -0.326 e. The highest BCUT2D eigenvalue weighted by Gasteiger charge is 2.23. The Morgan fingerprint density at radius 2 is 1.88 bits per heavy atom. The Balaban J connectivity index is 1.86. The fourth-order valence-corrected chi connectivity index (χ4v) is 3.36. The maximum atomic E-state index is 13.3. The molecule has 1 aliphatic heterocycles. The molecule has 1 saturated heterocycles. The highest BCUT2D eigenvalue weighted by atomic mass is 19.1. The van der Waals surface area contributed by atoms with Crippen molar-refractivity contribution >= 4 is 5.95 Å². The first-order chi connectivity index (χ1) is 12.8. The molecule has 2 aromatic heterocycles. The third-order valence-corrected chi connectivity index (χ3v) is 4.64. The van der Waals surface area contributed by atoms with Crippen molar-refractivity contribution in [2.45, 2.75) is 18.9 Å². The number of imidazole rings is 1. The molecule has 8 heteroatoms. The third-order valence-electron chi connectivity index (χ3n) is 4.64. The summed E-state index contributed by atoms with van der Waals surface area (Å²) in [4.78, 5) is 13.2. The van der Waals surface area contributed by atoms with Crippen LogP contribution in [0, 0.1) is 5.82 Å². The fourth-order valence-electron chi connectivity index (χ4n) is 3.36. The molecular formula is C18H20FN7. The summed E-state index contributed by atoms with van der Waals surface area (Å²) in [6, 6.07) is 8.51. The van der Waals surface area contributed by atoms with E-state index in [9.17, 15) is 4.39 Å². The monoisotopic (exact) mass is 353 g/mol. The normalized spacial score (nSPS) is 15.2. The van der Waals surface area contributed by atoms with E-state index in [0.717, 1.165) is 48.6 Å². The molecule has 26 heavy (non-hydrogen) atoms. The second kappa shape index (κ2) is 7.19. The number of rotatable bonds is 4. The highest BCUT2D eigenvalue weighted by Crippen LogP contribution is 2.34. The number of nitrogens with one attached hydrogen (secondary N) is 2. The zero-order valence-electron chi connectivity index (χ0n) is 14.2. The zero-order chi connectivity index (χ0) is 17.9. The second-order valence-corrected chi connectivity index (χ2v) is 6.25. The van der Waals surface area contributed by atoms with Gasteiger partial charge in [-0.25, -0.2) is 25.2 Å². The average Bonchev–Trinajstić information content (AvgIpc) is 3.14. The predicted molar refractivity (Wildman–Crippen MR) is 97.6 cm³/mol. The van der Waals surface area contributed by atoms with Crippen molar-refractivity contribution in [1.82, 2.24) is 24.8 Å². The molecule has 1 fully saturated rings. The van der Waals surface area contributed by atoms with Gasteiger partial charge < -0.3 is 9.88 Å². The number of nitrogen functional groups attached to an aromatic ring is 1. The summed E-state index contributed by atoms with van der Waals surface area (Å²) in [5.41, 5.74) is 5.71. The van der Waals surface area contributed by atoms with Crippen LogP contribution in [-0.4, -0.2) is 32.6 Å². The predicted octanol–water partition coefficient (Wildman–Crippen LogP) is 2.36. The summed E-state index contributed by atoms with van der Waals surface area (Å²) < 4.78 is 15.5. The van der Waals surface area contributed by atoms with Crippen molar-refractivity contribution in [3.05, 3.63) is 48.7 Å². The number of hydrazine groups is 1. The van der Waals surface area contributed by atoms with Crippen molar-refractivity contribution in [3.8, 4) is 22.6 Å². The molecule has 7 nitrogen and oxygen atoms in total. The van der Waals surface area contributed by atoms with Crippen molar-refractivity contribution in [3.63, 3.8) is 0 Å². The van der Waals surface area contributed by atoms with Gasteiger partial charge in [0.25, 0.3) is 0 Å². The Hall–Kier alpha value is -2.84. The summed E-state index contributed by atoms with van der Waals surface area (Å²) in [5.74, 6) is 5.54. The van der Waals surface area contributed by atoms with E-state index in [1.807, 2.05) is 12.4 Å². The lowest BCUT2D eigenvalue weighted by Crippen LogP contribution is -2.29. The number of anilines is 1. The summed E-state index contributed by atoms with van der Waals surface area (Å²) in [6.07, 6.45) is 5.53. The molecule has 0 saturated carbocycles. The molecule has 134 valence electrons. The molecule has 1 aliphatic rings. The summed E-state index contributed by atoms with van der Waals surface area (Å²) >= 11 is 0. The van der Waals surface area contributed by atoms with Crippen molar-refractivity contribution in [2.24, 2.45) is 5.84 Å². The summed E-state index contributed by atoms with van der Waals surface area (Å²) in [6.45, 7) is 1.93. The molecule has 0 radical (unpaired) electrons. The molecule has 1 aromatic carbocycles. The lowest BCUT2D eigenvalue weighted by Gasteiger charge is -2.25. The van der Waals surface area contributed by atoms with E-state index >= 15 is 0 Å². The van der Waals surface area contributed by atoms with Gasteiger partial charge in [-0.3, -0.25) is 5.43 Å². The first-order valence-electron chi connectivity index (χ1n) is 8.60. The lowest BCUT2D eigenvalue weighted by atomic mass is 10.0. The van der Waals surface area contributed by atoms with E-state index < -0.39 is 0 Å². The highest BCUT2D eigenvalue weighted by molar-refractivity contribution is 5.77. The molecule has 0 atom stereocenters. The van der Waals surface area contributed by atoms with Crippen LogP contribution in [0.25, 0.3) is 22.6 Å². The molecule has 4 N–H and O–H groups in total. The van der Waals surface area contributed by atoms with Crippen LogP contribution in [0.15, 0.2) is 42.9 Å². The van der Waals surface area contributed by atoms with Crippen LogP contribution in [0.3, 0.4) is 0 Å². The fraction of sp³-hybridized carbons (Fsp3) is 0.278. The van der Waals surface area contributed by atoms with Gasteiger partial charge in [0.2, 0.25) is 5.95 Å². The van der Waals surface area contributed by atoms with Gasteiger partial charge >= 0.3 is 0 Å². The first kappa shape index (κ1) is 16.6. The quantitative estimate of drug-likeness (QED) is 0.492. The van der Waals surface area contributed by atoms with Gasteiger partial charge in [0.1, 0.15) is 5.82 Å². The largest absolute Gasteiger partial charge is 0.326 e. The molecule has 4 rings (SSSR count). The van der Waals surface area contributed by atoms with Crippen LogP contribution >= 0.6 is 0 Å². The Morgan fingerprint density at radius 3 is 2.62 bits per heavy atom. The van der Waals surface area contributed by atoms with Gasteiger partial charge in [-0.05, 0) is 56.3 Å². The van der Waals surface area contributed by atoms with Crippen LogP contribution in [0.2, 0.25) is 0 Å². The smallest absolute Gasteiger partial charge is 0.237 e. The van der Waals surface area contributed by atoms with Gasteiger partial charge in [0.15, 0.2) is 0 Å². The van der Waals surface area contributed by atoms with Crippen molar-refractivity contribution < 1.29 is 4.39 Å². The number of nitrogens with zero attached hydrogens (tertiary/aromatic N) is 4. The standard InChI is InChI=1S/C18H20FN7/c19-13-3-1-12(2-4-13)16-17(15-7-10-22-18(24-15)25-20)26(11-23-16)14-5-8-21-9-6-14/h1-4,7,10-11,14,21H,5-6,8-9,20H2,(H,22,24,25). The molecule has 3 aromatic rings. The number of nitrogens with two attached hydrogens (primary N) is 1. The van der Waals surface area contributed by atoms with E-state index in [4.69, 9.17) is 5.84 Å². The van der Waals surface area contributed by atoms with Crippen molar-refractivity contribution in [2.75, 3.05) is 18.5 Å².